The lowest BCUT2D eigenvalue weighted by atomic mass is 10.1. The Balaban J connectivity index is 2.00. The zero-order valence-electron chi connectivity index (χ0n) is 12.7. The van der Waals surface area contributed by atoms with Crippen molar-refractivity contribution in [2.75, 3.05) is 26.7 Å². The summed E-state index contributed by atoms with van der Waals surface area (Å²) in [7, 11) is 1.82. The van der Waals surface area contributed by atoms with Gasteiger partial charge in [0.2, 0.25) is 0 Å². The molecule has 1 N–H and O–H groups in total. The van der Waals surface area contributed by atoms with Gasteiger partial charge in [0.1, 0.15) is 0 Å². The molecule has 1 amide bonds. The van der Waals surface area contributed by atoms with E-state index in [0.717, 1.165) is 19.3 Å². The van der Waals surface area contributed by atoms with Crippen molar-refractivity contribution in [1.29, 1.82) is 0 Å². The average Bonchev–Trinajstić information content (AvgIpc) is 2.72. The number of rotatable bonds is 4. The van der Waals surface area contributed by atoms with Gasteiger partial charge in [-0.3, -0.25) is 14.5 Å². The van der Waals surface area contributed by atoms with Gasteiger partial charge in [0, 0.05) is 19.1 Å². The van der Waals surface area contributed by atoms with Crippen LogP contribution in [0.15, 0.2) is 24.3 Å². The van der Waals surface area contributed by atoms with Gasteiger partial charge in [0.25, 0.3) is 5.91 Å². The molecule has 1 aromatic carbocycles. The number of hydrogen-bond acceptors (Lipinski definition) is 3. The number of likely N-dealkylation sites (tertiary alicyclic amines) is 1. The maximum Gasteiger partial charge on any atom is 0.317 e. The topological polar surface area (TPSA) is 60.9 Å². The van der Waals surface area contributed by atoms with Crippen LogP contribution >= 0.6 is 11.6 Å². The van der Waals surface area contributed by atoms with Gasteiger partial charge < -0.3 is 10.0 Å². The van der Waals surface area contributed by atoms with Crippen LogP contribution in [0.3, 0.4) is 0 Å². The third-order valence-electron chi connectivity index (χ3n) is 4.10. The second-order valence-electron chi connectivity index (χ2n) is 5.67. The lowest BCUT2D eigenvalue weighted by Gasteiger charge is -2.25. The first kappa shape index (κ1) is 16.8. The SMILES string of the molecule is CN(CC(=O)O)C1CCCN(C(=O)c2ccccc2Cl)CC1. The lowest BCUT2D eigenvalue weighted by molar-refractivity contribution is -0.138. The monoisotopic (exact) mass is 324 g/mol. The molecule has 6 heteroatoms. The van der Waals surface area contributed by atoms with E-state index in [1.165, 1.54) is 0 Å². The Morgan fingerprint density at radius 2 is 2.05 bits per heavy atom. The van der Waals surface area contributed by atoms with E-state index in [2.05, 4.69) is 0 Å². The molecule has 2 rings (SSSR count). The van der Waals surface area contributed by atoms with E-state index in [-0.39, 0.29) is 18.5 Å². The predicted molar refractivity (Wildman–Crippen MR) is 85.3 cm³/mol. The minimum atomic E-state index is -0.823. The number of hydrogen-bond donors (Lipinski definition) is 1. The highest BCUT2D eigenvalue weighted by Gasteiger charge is 2.25. The van der Waals surface area contributed by atoms with Crippen molar-refractivity contribution in [3.05, 3.63) is 34.9 Å². The van der Waals surface area contributed by atoms with Gasteiger partial charge in [-0.1, -0.05) is 23.7 Å². The van der Waals surface area contributed by atoms with Gasteiger partial charge >= 0.3 is 5.97 Å². The van der Waals surface area contributed by atoms with Crippen LogP contribution in [0.4, 0.5) is 0 Å². The van der Waals surface area contributed by atoms with Crippen molar-refractivity contribution >= 4 is 23.5 Å². The quantitative estimate of drug-likeness (QED) is 0.923. The molecule has 22 heavy (non-hydrogen) atoms. The number of amides is 1. The van der Waals surface area contributed by atoms with Crippen molar-refractivity contribution in [3.63, 3.8) is 0 Å². The fourth-order valence-corrected chi connectivity index (χ4v) is 3.09. The molecule has 0 aliphatic carbocycles. The van der Waals surface area contributed by atoms with Crippen molar-refractivity contribution in [1.82, 2.24) is 9.80 Å². The van der Waals surface area contributed by atoms with Crippen molar-refractivity contribution in [2.24, 2.45) is 0 Å². The Hall–Kier alpha value is -1.59. The van der Waals surface area contributed by atoms with E-state index in [9.17, 15) is 9.59 Å². The molecule has 0 bridgehead atoms. The van der Waals surface area contributed by atoms with Crippen LogP contribution in [0.25, 0.3) is 0 Å². The molecule has 1 aromatic rings. The van der Waals surface area contributed by atoms with Gasteiger partial charge in [-0.2, -0.15) is 0 Å². The highest BCUT2D eigenvalue weighted by Crippen LogP contribution is 2.21. The molecule has 120 valence electrons. The smallest absolute Gasteiger partial charge is 0.317 e. The molecule has 1 fully saturated rings. The number of nitrogens with zero attached hydrogens (tertiary/aromatic N) is 2. The number of benzene rings is 1. The minimum Gasteiger partial charge on any atom is -0.480 e. The van der Waals surface area contributed by atoms with Crippen LogP contribution in [-0.2, 0) is 4.79 Å². The van der Waals surface area contributed by atoms with Crippen LogP contribution in [0.2, 0.25) is 5.02 Å². The van der Waals surface area contributed by atoms with Crippen molar-refractivity contribution in [2.45, 2.75) is 25.3 Å². The van der Waals surface area contributed by atoms with E-state index < -0.39 is 5.97 Å². The van der Waals surface area contributed by atoms with E-state index in [1.807, 2.05) is 16.8 Å². The minimum absolute atomic E-state index is 0.0309. The Labute approximate surface area is 135 Å². The summed E-state index contributed by atoms with van der Waals surface area (Å²) >= 11 is 6.09. The Kier molecular flexibility index (Phi) is 5.80. The molecular weight excluding hydrogens is 304 g/mol. The number of carboxylic acids is 1. The summed E-state index contributed by atoms with van der Waals surface area (Å²) in [5.41, 5.74) is 0.529. The molecule has 5 nitrogen and oxygen atoms in total. The number of carbonyl (C=O) groups is 2. The third-order valence-corrected chi connectivity index (χ3v) is 4.43. The summed E-state index contributed by atoms with van der Waals surface area (Å²) in [6.45, 7) is 1.34. The third kappa shape index (κ3) is 4.21. The summed E-state index contributed by atoms with van der Waals surface area (Å²) in [4.78, 5) is 27.0. The molecule has 0 saturated carbocycles. The van der Waals surface area contributed by atoms with E-state index in [4.69, 9.17) is 16.7 Å². The molecule has 1 unspecified atom stereocenters. The zero-order valence-corrected chi connectivity index (χ0v) is 13.4. The van der Waals surface area contributed by atoms with Gasteiger partial charge in [-0.15, -0.1) is 0 Å². The zero-order chi connectivity index (χ0) is 16.1. The number of carboxylic acid groups (broad SMARTS) is 1. The first-order valence-electron chi connectivity index (χ1n) is 7.45. The molecule has 0 spiro atoms. The van der Waals surface area contributed by atoms with Crippen LogP contribution in [-0.4, -0.2) is 59.5 Å². The number of likely N-dealkylation sites (N-methyl/N-ethyl adjacent to an activating group) is 1. The van der Waals surface area contributed by atoms with E-state index in [1.54, 1.807) is 24.3 Å². The second-order valence-corrected chi connectivity index (χ2v) is 6.07. The van der Waals surface area contributed by atoms with Crippen LogP contribution in [0.1, 0.15) is 29.6 Å². The Bertz CT molecular complexity index is 550. The number of aliphatic carboxylic acids is 1. The fraction of sp³-hybridized carbons (Fsp3) is 0.500. The van der Waals surface area contributed by atoms with Gasteiger partial charge in [0.15, 0.2) is 0 Å². The summed E-state index contributed by atoms with van der Waals surface area (Å²) in [6.07, 6.45) is 2.54. The molecule has 1 atom stereocenters. The molecule has 0 aromatic heterocycles. The summed E-state index contributed by atoms with van der Waals surface area (Å²) in [5, 5.41) is 9.35. The van der Waals surface area contributed by atoms with E-state index >= 15 is 0 Å². The van der Waals surface area contributed by atoms with E-state index in [0.29, 0.717) is 23.7 Å². The van der Waals surface area contributed by atoms with Gasteiger partial charge in [0.05, 0.1) is 17.1 Å². The summed E-state index contributed by atoms with van der Waals surface area (Å²) in [6, 6.07) is 7.26. The maximum atomic E-state index is 12.6. The Morgan fingerprint density at radius 1 is 1.32 bits per heavy atom. The second kappa shape index (κ2) is 7.61. The average molecular weight is 325 g/mol. The standard InChI is InChI=1S/C16H21ClN2O3/c1-18(11-15(20)21)12-5-4-9-19(10-8-12)16(22)13-6-2-3-7-14(13)17/h2-3,6-7,12H,4-5,8-11H2,1H3,(H,20,21). The van der Waals surface area contributed by atoms with Crippen LogP contribution < -0.4 is 0 Å². The number of carbonyl (C=O) groups excluding carboxylic acids is 1. The first-order valence-corrected chi connectivity index (χ1v) is 7.82. The number of halogens is 1. The van der Waals surface area contributed by atoms with Crippen molar-refractivity contribution < 1.29 is 14.7 Å². The molecule has 1 saturated heterocycles. The largest absolute Gasteiger partial charge is 0.480 e. The molecule has 1 heterocycles. The molecular formula is C16H21ClN2O3. The van der Waals surface area contributed by atoms with Gasteiger partial charge in [-0.05, 0) is 38.4 Å². The predicted octanol–water partition coefficient (Wildman–Crippen LogP) is 2.35. The first-order chi connectivity index (χ1) is 10.5. The maximum absolute atomic E-state index is 12.6. The van der Waals surface area contributed by atoms with Gasteiger partial charge in [-0.25, -0.2) is 0 Å². The highest BCUT2D eigenvalue weighted by molar-refractivity contribution is 6.33. The molecule has 1 aliphatic rings. The normalized spacial score (nSPS) is 19.0. The summed E-state index contributed by atoms with van der Waals surface area (Å²) < 4.78 is 0. The molecule has 1 aliphatic heterocycles. The summed E-state index contributed by atoms with van der Waals surface area (Å²) in [5.74, 6) is -0.872. The fourth-order valence-electron chi connectivity index (χ4n) is 2.87. The van der Waals surface area contributed by atoms with Crippen molar-refractivity contribution in [3.8, 4) is 0 Å². The molecule has 0 radical (unpaired) electrons. The lowest BCUT2D eigenvalue weighted by Crippen LogP contribution is -2.37. The van der Waals surface area contributed by atoms with Crippen LogP contribution in [0.5, 0.6) is 0 Å². The Morgan fingerprint density at radius 3 is 2.73 bits per heavy atom. The highest BCUT2D eigenvalue weighted by atomic mass is 35.5. The van der Waals surface area contributed by atoms with Crippen LogP contribution in [0, 0.1) is 0 Å².